The van der Waals surface area contributed by atoms with Crippen molar-refractivity contribution in [2.75, 3.05) is 33.4 Å². The minimum absolute atomic E-state index is 0. The molecule has 1 amide bonds. The fourth-order valence-corrected chi connectivity index (χ4v) is 2.32. The molecular weight excluding hydrogens is 344 g/mol. The van der Waals surface area contributed by atoms with E-state index in [4.69, 9.17) is 13.9 Å². The average Bonchev–Trinajstić information content (AvgIpc) is 2.94. The van der Waals surface area contributed by atoms with E-state index in [1.165, 1.54) is 0 Å². The van der Waals surface area contributed by atoms with Gasteiger partial charge in [0.1, 0.15) is 5.58 Å². The number of ether oxygens (including phenoxy) is 2. The number of amides is 1. The molecule has 0 saturated heterocycles. The SMILES string of the molecule is COCCNCCNC(=O)c1oc2ccccc2c1COC(C)C.Cl. The lowest BCUT2D eigenvalue weighted by molar-refractivity contribution is 0.0643. The third-order valence-electron chi connectivity index (χ3n) is 3.54. The smallest absolute Gasteiger partial charge is 0.287 e. The van der Waals surface area contributed by atoms with Crippen LogP contribution >= 0.6 is 12.4 Å². The van der Waals surface area contributed by atoms with E-state index in [0.717, 1.165) is 17.5 Å². The first kappa shape index (κ1) is 21.4. The van der Waals surface area contributed by atoms with E-state index in [0.29, 0.717) is 37.6 Å². The van der Waals surface area contributed by atoms with Gasteiger partial charge in [0.2, 0.25) is 0 Å². The van der Waals surface area contributed by atoms with Crippen LogP contribution in [0.25, 0.3) is 11.0 Å². The maximum absolute atomic E-state index is 12.5. The van der Waals surface area contributed by atoms with Crippen LogP contribution in [0.1, 0.15) is 30.0 Å². The van der Waals surface area contributed by atoms with E-state index >= 15 is 0 Å². The van der Waals surface area contributed by atoms with Crippen molar-refractivity contribution in [3.63, 3.8) is 0 Å². The van der Waals surface area contributed by atoms with Gasteiger partial charge < -0.3 is 24.5 Å². The summed E-state index contributed by atoms with van der Waals surface area (Å²) in [7, 11) is 1.66. The van der Waals surface area contributed by atoms with Gasteiger partial charge in [-0.3, -0.25) is 4.79 Å². The Balaban J connectivity index is 0.00000312. The lowest BCUT2D eigenvalue weighted by Gasteiger charge is -2.09. The fourth-order valence-electron chi connectivity index (χ4n) is 2.32. The molecule has 0 saturated carbocycles. The van der Waals surface area contributed by atoms with Gasteiger partial charge in [0.05, 0.1) is 19.3 Å². The number of hydrogen-bond donors (Lipinski definition) is 2. The molecule has 0 aliphatic heterocycles. The molecule has 0 aliphatic carbocycles. The molecule has 0 unspecified atom stereocenters. The van der Waals surface area contributed by atoms with Gasteiger partial charge in [0.15, 0.2) is 5.76 Å². The lowest BCUT2D eigenvalue weighted by Crippen LogP contribution is -2.33. The Kier molecular flexibility index (Phi) is 9.52. The van der Waals surface area contributed by atoms with E-state index in [9.17, 15) is 4.79 Å². The molecule has 0 spiro atoms. The van der Waals surface area contributed by atoms with Gasteiger partial charge in [-0.05, 0) is 19.9 Å². The largest absolute Gasteiger partial charge is 0.451 e. The fraction of sp³-hybridized carbons (Fsp3) is 0.500. The van der Waals surface area contributed by atoms with Gasteiger partial charge in [0, 0.05) is 37.7 Å². The number of hydrogen-bond acceptors (Lipinski definition) is 5. The minimum atomic E-state index is -0.220. The number of carbonyl (C=O) groups excluding carboxylic acids is 1. The van der Waals surface area contributed by atoms with E-state index in [1.807, 2.05) is 38.1 Å². The molecule has 1 heterocycles. The van der Waals surface area contributed by atoms with Crippen molar-refractivity contribution >= 4 is 29.3 Å². The molecule has 25 heavy (non-hydrogen) atoms. The summed E-state index contributed by atoms with van der Waals surface area (Å²) in [5, 5.41) is 6.97. The van der Waals surface area contributed by atoms with Crippen molar-refractivity contribution in [2.24, 2.45) is 0 Å². The molecule has 7 heteroatoms. The van der Waals surface area contributed by atoms with E-state index < -0.39 is 0 Å². The number of fused-ring (bicyclic) bond motifs is 1. The summed E-state index contributed by atoms with van der Waals surface area (Å²) in [4.78, 5) is 12.5. The van der Waals surface area contributed by atoms with E-state index in [1.54, 1.807) is 7.11 Å². The molecular formula is C18H27ClN2O4. The second-order valence-corrected chi connectivity index (χ2v) is 5.76. The number of furan rings is 1. The summed E-state index contributed by atoms with van der Waals surface area (Å²) >= 11 is 0. The summed E-state index contributed by atoms with van der Waals surface area (Å²) in [6, 6.07) is 7.62. The molecule has 2 N–H and O–H groups in total. The Morgan fingerprint density at radius 3 is 2.68 bits per heavy atom. The van der Waals surface area contributed by atoms with Crippen LogP contribution in [0.5, 0.6) is 0 Å². The molecule has 0 bridgehead atoms. The first-order valence-electron chi connectivity index (χ1n) is 8.23. The van der Waals surface area contributed by atoms with Gasteiger partial charge in [-0.2, -0.15) is 0 Å². The second kappa shape index (κ2) is 11.1. The predicted octanol–water partition coefficient (Wildman–Crippen LogP) is 2.75. The summed E-state index contributed by atoms with van der Waals surface area (Å²) < 4.78 is 16.4. The Hall–Kier alpha value is -1.60. The number of methoxy groups -OCH3 is 1. The molecule has 6 nitrogen and oxygen atoms in total. The molecule has 2 aromatic rings. The highest BCUT2D eigenvalue weighted by molar-refractivity contribution is 5.99. The van der Waals surface area contributed by atoms with Crippen molar-refractivity contribution in [3.8, 4) is 0 Å². The Bertz CT molecular complexity index is 658. The highest BCUT2D eigenvalue weighted by atomic mass is 35.5. The molecule has 0 fully saturated rings. The molecule has 0 aliphatic rings. The second-order valence-electron chi connectivity index (χ2n) is 5.76. The van der Waals surface area contributed by atoms with Gasteiger partial charge in [-0.1, -0.05) is 18.2 Å². The summed E-state index contributed by atoms with van der Waals surface area (Å²) in [6.07, 6.45) is 0.0829. The monoisotopic (exact) mass is 370 g/mol. The van der Waals surface area contributed by atoms with Gasteiger partial charge in [0.25, 0.3) is 5.91 Å². The van der Waals surface area contributed by atoms with Crippen LogP contribution in [0.2, 0.25) is 0 Å². The standard InChI is InChI=1S/C18H26N2O4.ClH/c1-13(2)23-12-15-14-6-4-5-7-16(14)24-17(15)18(21)20-9-8-19-10-11-22-3;/h4-7,13,19H,8-12H2,1-3H3,(H,20,21);1H. The quantitative estimate of drug-likeness (QED) is 0.629. The normalized spacial score (nSPS) is 10.9. The Morgan fingerprint density at radius 2 is 1.96 bits per heavy atom. The van der Waals surface area contributed by atoms with Gasteiger partial charge in [-0.25, -0.2) is 0 Å². The Labute approximate surface area is 154 Å². The molecule has 0 atom stereocenters. The van der Waals surface area contributed by atoms with Crippen molar-refractivity contribution in [1.82, 2.24) is 10.6 Å². The predicted molar refractivity (Wildman–Crippen MR) is 100 cm³/mol. The number of rotatable bonds is 10. The lowest BCUT2D eigenvalue weighted by atomic mass is 10.1. The maximum atomic E-state index is 12.5. The van der Waals surface area contributed by atoms with Crippen molar-refractivity contribution in [1.29, 1.82) is 0 Å². The number of benzene rings is 1. The zero-order valence-electron chi connectivity index (χ0n) is 15.0. The number of nitrogens with one attached hydrogen (secondary N) is 2. The van der Waals surface area contributed by atoms with Crippen molar-refractivity contribution in [3.05, 3.63) is 35.6 Å². The zero-order valence-corrected chi connectivity index (χ0v) is 15.8. The van der Waals surface area contributed by atoms with Crippen LogP contribution in [-0.2, 0) is 16.1 Å². The minimum Gasteiger partial charge on any atom is -0.451 e. The molecule has 140 valence electrons. The number of carbonyl (C=O) groups is 1. The first-order valence-corrected chi connectivity index (χ1v) is 8.23. The highest BCUT2D eigenvalue weighted by Crippen LogP contribution is 2.26. The van der Waals surface area contributed by atoms with Crippen molar-refractivity contribution < 1.29 is 18.7 Å². The van der Waals surface area contributed by atoms with Crippen LogP contribution in [0.15, 0.2) is 28.7 Å². The highest BCUT2D eigenvalue weighted by Gasteiger charge is 2.20. The third-order valence-corrected chi connectivity index (χ3v) is 3.54. The van der Waals surface area contributed by atoms with Gasteiger partial charge in [-0.15, -0.1) is 12.4 Å². The van der Waals surface area contributed by atoms with Crippen LogP contribution in [0.3, 0.4) is 0 Å². The van der Waals surface area contributed by atoms with E-state index in [-0.39, 0.29) is 24.4 Å². The first-order chi connectivity index (χ1) is 11.6. The summed E-state index contributed by atoms with van der Waals surface area (Å²) in [6.45, 7) is 6.88. The third kappa shape index (κ3) is 6.32. The molecule has 2 rings (SSSR count). The summed E-state index contributed by atoms with van der Waals surface area (Å²) in [5.41, 5.74) is 1.49. The number of para-hydroxylation sites is 1. The average molecular weight is 371 g/mol. The van der Waals surface area contributed by atoms with Crippen molar-refractivity contribution in [2.45, 2.75) is 26.6 Å². The van der Waals surface area contributed by atoms with Gasteiger partial charge >= 0.3 is 0 Å². The topological polar surface area (TPSA) is 72.7 Å². The summed E-state index contributed by atoms with van der Waals surface area (Å²) in [5.74, 6) is 0.107. The van der Waals surface area contributed by atoms with Crippen LogP contribution < -0.4 is 10.6 Å². The molecule has 1 aromatic carbocycles. The van der Waals surface area contributed by atoms with E-state index in [2.05, 4.69) is 10.6 Å². The number of halogens is 1. The molecule has 0 radical (unpaired) electrons. The van der Waals surface area contributed by atoms with Crippen LogP contribution in [0.4, 0.5) is 0 Å². The maximum Gasteiger partial charge on any atom is 0.287 e. The zero-order chi connectivity index (χ0) is 17.4. The molecule has 1 aromatic heterocycles. The Morgan fingerprint density at radius 1 is 1.20 bits per heavy atom. The van der Waals surface area contributed by atoms with Crippen LogP contribution in [0, 0.1) is 0 Å². The van der Waals surface area contributed by atoms with Crippen LogP contribution in [-0.4, -0.2) is 45.4 Å².